The Kier molecular flexibility index (Phi) is 4.17. The van der Waals surface area contributed by atoms with Crippen molar-refractivity contribution < 1.29 is 0 Å². The van der Waals surface area contributed by atoms with Crippen LogP contribution in [0.25, 0.3) is 0 Å². The fraction of sp³-hybridized carbons (Fsp3) is 0.368. The average molecular weight is 265 g/mol. The van der Waals surface area contributed by atoms with Crippen LogP contribution in [0.15, 0.2) is 54.6 Å². The molecule has 0 aliphatic heterocycles. The summed E-state index contributed by atoms with van der Waals surface area (Å²) in [4.78, 5) is 0. The minimum absolute atomic E-state index is 0.712. The normalized spacial score (nSPS) is 21.4. The van der Waals surface area contributed by atoms with Gasteiger partial charge in [0.1, 0.15) is 0 Å². The van der Waals surface area contributed by atoms with Gasteiger partial charge >= 0.3 is 0 Å². The van der Waals surface area contributed by atoms with Crippen molar-refractivity contribution in [2.24, 2.45) is 0 Å². The Labute approximate surface area is 122 Å². The van der Waals surface area contributed by atoms with Gasteiger partial charge in [-0.15, -0.1) is 0 Å². The summed E-state index contributed by atoms with van der Waals surface area (Å²) in [5.41, 5.74) is 4.32. The summed E-state index contributed by atoms with van der Waals surface area (Å²) in [5.74, 6) is 0.768. The molecule has 0 aromatic heterocycles. The number of nitrogens with one attached hydrogen (secondary N) is 1. The van der Waals surface area contributed by atoms with E-state index in [9.17, 15) is 0 Å². The molecule has 0 heterocycles. The van der Waals surface area contributed by atoms with Crippen LogP contribution in [0, 0.1) is 6.92 Å². The van der Waals surface area contributed by atoms with Gasteiger partial charge < -0.3 is 5.32 Å². The Hall–Kier alpha value is -1.60. The first kappa shape index (κ1) is 13.4. The summed E-state index contributed by atoms with van der Waals surface area (Å²) in [6.45, 7) is 3.27. The highest BCUT2D eigenvalue weighted by Crippen LogP contribution is 2.36. The first-order valence-electron chi connectivity index (χ1n) is 7.65. The van der Waals surface area contributed by atoms with E-state index >= 15 is 0 Å². The van der Waals surface area contributed by atoms with Gasteiger partial charge in [-0.25, -0.2) is 0 Å². The Bertz CT molecular complexity index is 541. The fourth-order valence-corrected chi connectivity index (χ4v) is 3.05. The maximum atomic E-state index is 3.68. The van der Waals surface area contributed by atoms with Crippen LogP contribution in [-0.4, -0.2) is 12.6 Å². The Morgan fingerprint density at radius 2 is 1.80 bits per heavy atom. The van der Waals surface area contributed by atoms with Crippen LogP contribution in [0.2, 0.25) is 0 Å². The van der Waals surface area contributed by atoms with Crippen molar-refractivity contribution in [1.82, 2.24) is 5.32 Å². The lowest BCUT2D eigenvalue weighted by molar-refractivity contribution is 0.292. The van der Waals surface area contributed by atoms with Crippen molar-refractivity contribution in [3.8, 4) is 0 Å². The number of hydrogen-bond donors (Lipinski definition) is 1. The van der Waals surface area contributed by atoms with Gasteiger partial charge in [-0.05, 0) is 49.8 Å². The smallest absolute Gasteiger partial charge is 0.00788 e. The topological polar surface area (TPSA) is 12.0 Å². The molecule has 1 aliphatic carbocycles. The van der Waals surface area contributed by atoms with E-state index in [2.05, 4.69) is 66.8 Å². The number of benzene rings is 2. The summed E-state index contributed by atoms with van der Waals surface area (Å²) in [6, 6.07) is 20.4. The van der Waals surface area contributed by atoms with Gasteiger partial charge in [0.15, 0.2) is 0 Å². The van der Waals surface area contributed by atoms with Gasteiger partial charge in [0.05, 0.1) is 0 Å². The molecule has 0 bridgehead atoms. The van der Waals surface area contributed by atoms with Gasteiger partial charge in [0.25, 0.3) is 0 Å². The molecule has 1 heteroatoms. The molecular formula is C19H23N. The Morgan fingerprint density at radius 1 is 1.00 bits per heavy atom. The molecule has 1 aliphatic rings. The minimum Gasteiger partial charge on any atom is -0.314 e. The van der Waals surface area contributed by atoms with E-state index in [0.29, 0.717) is 6.04 Å². The molecule has 3 rings (SSSR count). The second kappa shape index (κ2) is 6.23. The number of hydrogen-bond acceptors (Lipinski definition) is 1. The predicted molar refractivity (Wildman–Crippen MR) is 85.1 cm³/mol. The lowest BCUT2D eigenvalue weighted by Crippen LogP contribution is -2.40. The van der Waals surface area contributed by atoms with Crippen molar-refractivity contribution >= 4 is 0 Å². The quantitative estimate of drug-likeness (QED) is 0.859. The molecule has 0 spiro atoms. The molecule has 2 aromatic carbocycles. The van der Waals surface area contributed by atoms with Gasteiger partial charge in [0, 0.05) is 6.04 Å². The molecular weight excluding hydrogens is 242 g/mol. The van der Waals surface area contributed by atoms with E-state index < -0.39 is 0 Å². The highest BCUT2D eigenvalue weighted by atomic mass is 14.9. The number of rotatable bonds is 5. The molecule has 1 nitrogen and oxygen atoms in total. The largest absolute Gasteiger partial charge is 0.314 e. The van der Waals surface area contributed by atoms with E-state index in [4.69, 9.17) is 0 Å². The van der Waals surface area contributed by atoms with Crippen LogP contribution in [-0.2, 0) is 6.42 Å². The Morgan fingerprint density at radius 3 is 2.55 bits per heavy atom. The van der Waals surface area contributed by atoms with E-state index in [1.54, 1.807) is 0 Å². The molecule has 2 aromatic rings. The average Bonchev–Trinajstić information content (AvgIpc) is 2.42. The lowest BCUT2D eigenvalue weighted by Gasteiger charge is -2.36. The maximum absolute atomic E-state index is 3.68. The third kappa shape index (κ3) is 3.29. The van der Waals surface area contributed by atoms with Crippen molar-refractivity contribution in [1.29, 1.82) is 0 Å². The highest BCUT2D eigenvalue weighted by Gasteiger charge is 2.29. The van der Waals surface area contributed by atoms with Gasteiger partial charge in [-0.2, -0.15) is 0 Å². The summed E-state index contributed by atoms with van der Waals surface area (Å²) < 4.78 is 0. The first-order chi connectivity index (χ1) is 9.81. The third-order valence-corrected chi connectivity index (χ3v) is 4.34. The third-order valence-electron chi connectivity index (χ3n) is 4.34. The van der Waals surface area contributed by atoms with Gasteiger partial charge in [-0.3, -0.25) is 0 Å². The minimum atomic E-state index is 0.712. The van der Waals surface area contributed by atoms with E-state index in [0.717, 1.165) is 18.9 Å². The molecule has 0 amide bonds. The molecule has 1 fully saturated rings. The molecule has 1 saturated carbocycles. The Balaban J connectivity index is 1.40. The summed E-state index contributed by atoms with van der Waals surface area (Å²) >= 11 is 0. The second-order valence-electron chi connectivity index (χ2n) is 5.97. The maximum Gasteiger partial charge on any atom is 0.00788 e. The molecule has 1 N–H and O–H groups in total. The molecule has 104 valence electrons. The zero-order chi connectivity index (χ0) is 13.8. The van der Waals surface area contributed by atoms with Crippen molar-refractivity contribution in [2.45, 2.75) is 38.1 Å². The molecule has 20 heavy (non-hydrogen) atoms. The van der Waals surface area contributed by atoms with Crippen LogP contribution >= 0.6 is 0 Å². The fourth-order valence-electron chi connectivity index (χ4n) is 3.05. The summed E-state index contributed by atoms with van der Waals surface area (Å²) in [5, 5.41) is 3.68. The van der Waals surface area contributed by atoms with Crippen LogP contribution in [0.5, 0.6) is 0 Å². The zero-order valence-electron chi connectivity index (χ0n) is 12.2. The van der Waals surface area contributed by atoms with Crippen LogP contribution < -0.4 is 5.32 Å². The van der Waals surface area contributed by atoms with Crippen LogP contribution in [0.4, 0.5) is 0 Å². The van der Waals surface area contributed by atoms with Gasteiger partial charge in [-0.1, -0.05) is 60.2 Å². The molecule has 0 unspecified atom stereocenters. The SMILES string of the molecule is Cc1cccc(C2CC(NCCc3ccccc3)C2)c1. The van der Waals surface area contributed by atoms with Crippen molar-refractivity contribution in [3.05, 3.63) is 71.3 Å². The zero-order valence-corrected chi connectivity index (χ0v) is 12.2. The lowest BCUT2D eigenvalue weighted by atomic mass is 9.75. The van der Waals surface area contributed by atoms with E-state index in [1.807, 2.05) is 0 Å². The van der Waals surface area contributed by atoms with Crippen LogP contribution in [0.1, 0.15) is 35.4 Å². The molecule has 0 atom stereocenters. The molecule has 0 saturated heterocycles. The highest BCUT2D eigenvalue weighted by molar-refractivity contribution is 5.27. The molecule has 0 radical (unpaired) electrons. The van der Waals surface area contributed by atoms with E-state index in [-0.39, 0.29) is 0 Å². The van der Waals surface area contributed by atoms with Crippen molar-refractivity contribution in [3.63, 3.8) is 0 Å². The second-order valence-corrected chi connectivity index (χ2v) is 5.97. The van der Waals surface area contributed by atoms with Gasteiger partial charge in [0.2, 0.25) is 0 Å². The first-order valence-corrected chi connectivity index (χ1v) is 7.65. The van der Waals surface area contributed by atoms with E-state index in [1.165, 1.54) is 29.5 Å². The summed E-state index contributed by atoms with van der Waals surface area (Å²) in [6.07, 6.45) is 3.71. The van der Waals surface area contributed by atoms with Crippen molar-refractivity contribution in [2.75, 3.05) is 6.54 Å². The summed E-state index contributed by atoms with van der Waals surface area (Å²) in [7, 11) is 0. The predicted octanol–water partition coefficient (Wildman–Crippen LogP) is 4.07. The monoisotopic (exact) mass is 265 g/mol. The standard InChI is InChI=1S/C19H23N/c1-15-6-5-9-17(12-15)18-13-19(14-18)20-11-10-16-7-3-2-4-8-16/h2-9,12,18-20H,10-11,13-14H2,1H3. The number of aryl methyl sites for hydroxylation is 1. The van der Waals surface area contributed by atoms with Crippen LogP contribution in [0.3, 0.4) is 0 Å².